The van der Waals surface area contributed by atoms with E-state index in [0.29, 0.717) is 6.42 Å². The van der Waals surface area contributed by atoms with Crippen LogP contribution in [0, 0.1) is 0 Å². The van der Waals surface area contributed by atoms with Gasteiger partial charge < -0.3 is 15.7 Å². The lowest BCUT2D eigenvalue weighted by atomic mass is 10.2. The van der Waals surface area contributed by atoms with Crippen molar-refractivity contribution in [1.82, 2.24) is 10.6 Å². The molecule has 5 heteroatoms. The van der Waals surface area contributed by atoms with E-state index in [-0.39, 0.29) is 6.04 Å². The summed E-state index contributed by atoms with van der Waals surface area (Å²) in [6, 6.07) is -1.24. The van der Waals surface area contributed by atoms with Crippen LogP contribution in [0.5, 0.6) is 0 Å². The topological polar surface area (TPSA) is 78.4 Å². The second-order valence-corrected chi connectivity index (χ2v) is 3.07. The fourth-order valence-electron chi connectivity index (χ4n) is 0.801. The average Bonchev–Trinajstić information content (AvgIpc) is 1.98. The number of carbonyl (C=O) groups excluding carboxylic acids is 1. The Morgan fingerprint density at radius 3 is 2.15 bits per heavy atom. The molecular weight excluding hydrogens is 172 g/mol. The Kier molecular flexibility index (Phi) is 4.87. The third kappa shape index (κ3) is 5.05. The molecule has 1 atom stereocenters. The van der Waals surface area contributed by atoms with Gasteiger partial charge in [-0.2, -0.15) is 0 Å². The van der Waals surface area contributed by atoms with Gasteiger partial charge in [0.1, 0.15) is 6.04 Å². The first kappa shape index (κ1) is 11.7. The van der Waals surface area contributed by atoms with Gasteiger partial charge in [0.2, 0.25) is 0 Å². The van der Waals surface area contributed by atoms with Crippen LogP contribution in [-0.2, 0) is 4.79 Å². The van der Waals surface area contributed by atoms with Gasteiger partial charge in [-0.3, -0.25) is 0 Å². The van der Waals surface area contributed by atoms with Crippen LogP contribution in [0.25, 0.3) is 0 Å². The Labute approximate surface area is 77.5 Å². The van der Waals surface area contributed by atoms with Crippen LogP contribution in [0.3, 0.4) is 0 Å². The summed E-state index contributed by atoms with van der Waals surface area (Å²) >= 11 is 0. The number of carboxylic acids is 1. The van der Waals surface area contributed by atoms with E-state index >= 15 is 0 Å². The minimum atomic E-state index is -1.01. The van der Waals surface area contributed by atoms with E-state index in [0.717, 1.165) is 0 Å². The Bertz CT molecular complexity index is 192. The maximum atomic E-state index is 11.0. The second kappa shape index (κ2) is 5.40. The first-order valence-electron chi connectivity index (χ1n) is 4.27. The molecule has 1 unspecified atom stereocenters. The Morgan fingerprint density at radius 2 is 1.85 bits per heavy atom. The van der Waals surface area contributed by atoms with Gasteiger partial charge in [-0.15, -0.1) is 0 Å². The van der Waals surface area contributed by atoms with Gasteiger partial charge in [-0.1, -0.05) is 6.92 Å². The Hall–Kier alpha value is -1.26. The van der Waals surface area contributed by atoms with Crippen molar-refractivity contribution in [2.45, 2.75) is 39.3 Å². The molecule has 0 aliphatic rings. The predicted molar refractivity (Wildman–Crippen MR) is 48.5 cm³/mol. The van der Waals surface area contributed by atoms with E-state index in [2.05, 4.69) is 10.6 Å². The Morgan fingerprint density at radius 1 is 1.31 bits per heavy atom. The molecule has 0 aromatic carbocycles. The molecule has 0 aromatic rings. The predicted octanol–water partition coefficient (Wildman–Crippen LogP) is 0.557. The van der Waals surface area contributed by atoms with E-state index in [9.17, 15) is 9.59 Å². The van der Waals surface area contributed by atoms with Gasteiger partial charge in [0.25, 0.3) is 0 Å². The summed E-state index contributed by atoms with van der Waals surface area (Å²) in [6.07, 6.45) is 0.376. The van der Waals surface area contributed by atoms with Gasteiger partial charge in [-0.05, 0) is 20.3 Å². The average molecular weight is 188 g/mol. The van der Waals surface area contributed by atoms with E-state index in [1.807, 2.05) is 0 Å². The maximum Gasteiger partial charge on any atom is 0.326 e. The smallest absolute Gasteiger partial charge is 0.326 e. The number of amides is 2. The van der Waals surface area contributed by atoms with Gasteiger partial charge in [-0.25, -0.2) is 9.59 Å². The van der Waals surface area contributed by atoms with Gasteiger partial charge >= 0.3 is 12.0 Å². The number of urea groups is 1. The van der Waals surface area contributed by atoms with Crippen LogP contribution < -0.4 is 10.6 Å². The second-order valence-electron chi connectivity index (χ2n) is 3.07. The van der Waals surface area contributed by atoms with E-state index in [1.54, 1.807) is 20.8 Å². The first-order chi connectivity index (χ1) is 5.97. The summed E-state index contributed by atoms with van der Waals surface area (Å²) in [5, 5.41) is 13.5. The van der Waals surface area contributed by atoms with Crippen molar-refractivity contribution >= 4 is 12.0 Å². The zero-order chi connectivity index (χ0) is 10.4. The minimum absolute atomic E-state index is 0.00583. The van der Waals surface area contributed by atoms with Crippen LogP contribution in [0.1, 0.15) is 27.2 Å². The number of carbonyl (C=O) groups is 2. The molecule has 76 valence electrons. The molecule has 5 nitrogen and oxygen atoms in total. The van der Waals surface area contributed by atoms with Crippen LogP contribution in [0.4, 0.5) is 4.79 Å². The summed E-state index contributed by atoms with van der Waals surface area (Å²) in [7, 11) is 0. The summed E-state index contributed by atoms with van der Waals surface area (Å²) < 4.78 is 0. The zero-order valence-electron chi connectivity index (χ0n) is 8.13. The highest BCUT2D eigenvalue weighted by Crippen LogP contribution is 1.90. The van der Waals surface area contributed by atoms with Crippen molar-refractivity contribution in [2.75, 3.05) is 0 Å². The molecule has 0 saturated heterocycles. The molecule has 0 radical (unpaired) electrons. The molecule has 0 bridgehead atoms. The molecule has 0 fully saturated rings. The molecule has 0 saturated carbocycles. The lowest BCUT2D eigenvalue weighted by Gasteiger charge is -2.14. The molecule has 0 spiro atoms. The number of carboxylic acid groups (broad SMARTS) is 1. The van der Waals surface area contributed by atoms with Crippen LogP contribution >= 0.6 is 0 Å². The van der Waals surface area contributed by atoms with Crippen LogP contribution in [0.2, 0.25) is 0 Å². The molecule has 0 aliphatic heterocycles. The third-order valence-electron chi connectivity index (χ3n) is 1.43. The number of hydrogen-bond acceptors (Lipinski definition) is 2. The number of nitrogens with one attached hydrogen (secondary N) is 2. The van der Waals surface area contributed by atoms with Crippen molar-refractivity contribution < 1.29 is 14.7 Å². The maximum absolute atomic E-state index is 11.0. The third-order valence-corrected chi connectivity index (χ3v) is 1.43. The van der Waals surface area contributed by atoms with Crippen molar-refractivity contribution in [3.8, 4) is 0 Å². The molecule has 13 heavy (non-hydrogen) atoms. The van der Waals surface area contributed by atoms with Gasteiger partial charge in [0.05, 0.1) is 0 Å². The Balaban J connectivity index is 3.94. The lowest BCUT2D eigenvalue weighted by Crippen LogP contribution is -2.47. The van der Waals surface area contributed by atoms with Crippen molar-refractivity contribution in [2.24, 2.45) is 0 Å². The number of aliphatic carboxylic acids is 1. The van der Waals surface area contributed by atoms with Crippen molar-refractivity contribution in [3.63, 3.8) is 0 Å². The van der Waals surface area contributed by atoms with E-state index < -0.39 is 18.0 Å². The van der Waals surface area contributed by atoms with E-state index in [1.165, 1.54) is 0 Å². The standard InChI is InChI=1S/C8H16N2O3/c1-4-6(7(11)12)10-8(13)9-5(2)3/h5-6H,4H2,1-3H3,(H,11,12)(H2,9,10,13). The fraction of sp³-hybridized carbons (Fsp3) is 0.750. The molecule has 0 aliphatic carbocycles. The monoisotopic (exact) mass is 188 g/mol. The van der Waals surface area contributed by atoms with Crippen LogP contribution in [0.15, 0.2) is 0 Å². The molecule has 0 heterocycles. The number of rotatable bonds is 4. The molecule has 3 N–H and O–H groups in total. The zero-order valence-corrected chi connectivity index (χ0v) is 8.13. The molecule has 0 aromatic heterocycles. The highest BCUT2D eigenvalue weighted by Gasteiger charge is 2.17. The van der Waals surface area contributed by atoms with Crippen LogP contribution in [-0.4, -0.2) is 29.2 Å². The van der Waals surface area contributed by atoms with Crippen molar-refractivity contribution in [1.29, 1.82) is 0 Å². The largest absolute Gasteiger partial charge is 0.480 e. The van der Waals surface area contributed by atoms with Crippen molar-refractivity contribution in [3.05, 3.63) is 0 Å². The SMILES string of the molecule is CCC(NC(=O)NC(C)C)C(=O)O. The lowest BCUT2D eigenvalue weighted by molar-refractivity contribution is -0.139. The first-order valence-corrected chi connectivity index (χ1v) is 4.27. The molecular formula is C8H16N2O3. The summed E-state index contributed by atoms with van der Waals surface area (Å²) in [6.45, 7) is 5.32. The fourth-order valence-corrected chi connectivity index (χ4v) is 0.801. The van der Waals surface area contributed by atoms with Gasteiger partial charge in [0, 0.05) is 6.04 Å². The highest BCUT2D eigenvalue weighted by atomic mass is 16.4. The summed E-state index contributed by atoms with van der Waals surface area (Å²) in [5.41, 5.74) is 0. The normalized spacial score (nSPS) is 12.3. The molecule has 0 rings (SSSR count). The minimum Gasteiger partial charge on any atom is -0.480 e. The number of hydrogen-bond donors (Lipinski definition) is 3. The summed E-state index contributed by atoms with van der Waals surface area (Å²) in [5.74, 6) is -1.01. The van der Waals surface area contributed by atoms with Gasteiger partial charge in [0.15, 0.2) is 0 Å². The quantitative estimate of drug-likeness (QED) is 0.603. The van der Waals surface area contributed by atoms with E-state index in [4.69, 9.17) is 5.11 Å². The highest BCUT2D eigenvalue weighted by molar-refractivity contribution is 5.82. The molecule has 2 amide bonds. The summed E-state index contributed by atoms with van der Waals surface area (Å²) in [4.78, 5) is 21.6.